The predicted octanol–water partition coefficient (Wildman–Crippen LogP) is 0.0893. The fourth-order valence-electron chi connectivity index (χ4n) is 1.69. The van der Waals surface area contributed by atoms with Crippen LogP contribution in [0.3, 0.4) is 0 Å². The molecule has 0 saturated carbocycles. The van der Waals surface area contributed by atoms with Crippen molar-refractivity contribution in [1.29, 1.82) is 0 Å². The number of carbonyl (C=O) groups excluding carboxylic acids is 2. The van der Waals surface area contributed by atoms with Gasteiger partial charge >= 0.3 is 5.97 Å². The number of nitrogens with one attached hydrogen (secondary N) is 1. The Morgan fingerprint density at radius 3 is 2.65 bits per heavy atom. The van der Waals surface area contributed by atoms with Gasteiger partial charge in [-0.15, -0.1) is 11.6 Å². The summed E-state index contributed by atoms with van der Waals surface area (Å²) >= 11 is 5.79. The Morgan fingerprint density at radius 1 is 1.43 bits per heavy atom. The molecule has 2 aromatic rings. The molecule has 4 N–H and O–H groups in total. The van der Waals surface area contributed by atoms with Crippen molar-refractivity contribution < 1.29 is 19.4 Å². The van der Waals surface area contributed by atoms with Gasteiger partial charge in [0.1, 0.15) is 11.1 Å². The Morgan fingerprint density at radius 2 is 2.13 bits per heavy atom. The van der Waals surface area contributed by atoms with Crippen LogP contribution < -0.4 is 11.3 Å². The summed E-state index contributed by atoms with van der Waals surface area (Å²) in [4.78, 5) is 44.2. The molecule has 0 aliphatic carbocycles. The number of aromatic nitrogens is 3. The number of halogens is 1. The van der Waals surface area contributed by atoms with Crippen LogP contribution in [0.15, 0.2) is 23.1 Å². The van der Waals surface area contributed by atoms with Crippen molar-refractivity contribution in [2.75, 3.05) is 7.11 Å². The van der Waals surface area contributed by atoms with E-state index in [2.05, 4.69) is 19.7 Å². The lowest BCUT2D eigenvalue weighted by atomic mass is 10.2. The SMILES string of the molecule is COC(=O)c1nc(-c2ccc(C(Cl)C(N)=O)cn2)[nH]c(=O)c1O. The second-order valence-electron chi connectivity index (χ2n) is 4.35. The van der Waals surface area contributed by atoms with Gasteiger partial charge in [-0.05, 0) is 11.6 Å². The fourth-order valence-corrected chi connectivity index (χ4v) is 1.82. The van der Waals surface area contributed by atoms with Gasteiger partial charge in [0.05, 0.1) is 7.11 Å². The number of nitrogens with two attached hydrogens (primary N) is 1. The highest BCUT2D eigenvalue weighted by atomic mass is 35.5. The molecule has 0 aliphatic rings. The van der Waals surface area contributed by atoms with Crippen LogP contribution in [0.5, 0.6) is 5.75 Å². The molecule has 9 nitrogen and oxygen atoms in total. The second kappa shape index (κ2) is 6.44. The number of H-pyrrole nitrogens is 1. The minimum absolute atomic E-state index is 0.0649. The summed E-state index contributed by atoms with van der Waals surface area (Å²) in [5, 5.41) is 8.50. The van der Waals surface area contributed by atoms with Gasteiger partial charge in [-0.1, -0.05) is 6.07 Å². The molecular formula is C13H11ClN4O5. The highest BCUT2D eigenvalue weighted by Crippen LogP contribution is 2.21. The average molecular weight is 339 g/mol. The van der Waals surface area contributed by atoms with Crippen LogP contribution in [0.25, 0.3) is 11.5 Å². The monoisotopic (exact) mass is 338 g/mol. The summed E-state index contributed by atoms with van der Waals surface area (Å²) in [6.45, 7) is 0. The van der Waals surface area contributed by atoms with Gasteiger partial charge in [0.15, 0.2) is 11.5 Å². The quantitative estimate of drug-likeness (QED) is 0.528. The third-order valence-electron chi connectivity index (χ3n) is 2.85. The summed E-state index contributed by atoms with van der Waals surface area (Å²) < 4.78 is 4.44. The lowest BCUT2D eigenvalue weighted by Gasteiger charge is -2.07. The lowest BCUT2D eigenvalue weighted by molar-refractivity contribution is -0.117. The molecule has 1 unspecified atom stereocenters. The Hall–Kier alpha value is -2.94. The number of primary amides is 1. The van der Waals surface area contributed by atoms with Crippen molar-refractivity contribution in [3.63, 3.8) is 0 Å². The molecule has 0 spiro atoms. The van der Waals surface area contributed by atoms with E-state index in [-0.39, 0.29) is 11.5 Å². The highest BCUT2D eigenvalue weighted by molar-refractivity contribution is 6.30. The molecule has 2 rings (SSSR count). The van der Waals surface area contributed by atoms with Crippen LogP contribution in [0, 0.1) is 0 Å². The van der Waals surface area contributed by atoms with Gasteiger partial charge < -0.3 is 20.6 Å². The second-order valence-corrected chi connectivity index (χ2v) is 4.78. The van der Waals surface area contributed by atoms with E-state index in [4.69, 9.17) is 17.3 Å². The first-order valence-corrected chi connectivity index (χ1v) is 6.60. The van der Waals surface area contributed by atoms with Gasteiger partial charge in [0, 0.05) is 6.20 Å². The number of hydrogen-bond donors (Lipinski definition) is 3. The van der Waals surface area contributed by atoms with Crippen molar-refractivity contribution in [2.24, 2.45) is 5.73 Å². The molecule has 0 saturated heterocycles. The molecule has 0 bridgehead atoms. The van der Waals surface area contributed by atoms with Crippen LogP contribution in [-0.2, 0) is 9.53 Å². The molecule has 2 aromatic heterocycles. The first-order chi connectivity index (χ1) is 10.8. The van der Waals surface area contributed by atoms with Crippen molar-refractivity contribution in [1.82, 2.24) is 15.0 Å². The Balaban J connectivity index is 2.47. The minimum atomic E-state index is -1.05. The number of aromatic hydroxyl groups is 1. The molecule has 2 heterocycles. The van der Waals surface area contributed by atoms with Crippen molar-refractivity contribution in [2.45, 2.75) is 5.38 Å². The molecule has 0 aromatic carbocycles. The molecule has 0 fully saturated rings. The largest absolute Gasteiger partial charge is 0.501 e. The third-order valence-corrected chi connectivity index (χ3v) is 3.31. The zero-order chi connectivity index (χ0) is 17.1. The van der Waals surface area contributed by atoms with E-state index in [0.717, 1.165) is 7.11 Å². The van der Waals surface area contributed by atoms with E-state index >= 15 is 0 Å². The lowest BCUT2D eigenvalue weighted by Crippen LogP contribution is -2.18. The van der Waals surface area contributed by atoms with Crippen molar-refractivity contribution >= 4 is 23.5 Å². The van der Waals surface area contributed by atoms with E-state index in [1.54, 1.807) is 0 Å². The number of nitrogens with zero attached hydrogens (tertiary/aromatic N) is 2. The van der Waals surface area contributed by atoms with Gasteiger partial charge in [0.25, 0.3) is 5.56 Å². The number of amides is 1. The van der Waals surface area contributed by atoms with Crippen molar-refractivity contribution in [3.8, 4) is 17.3 Å². The highest BCUT2D eigenvalue weighted by Gasteiger charge is 2.20. The standard InChI is InChI=1S/C13H11ClN4O5/c1-23-13(22)8-9(19)12(21)18-11(17-8)6-3-2-5(4-16-6)7(14)10(15)20/h2-4,7,19H,1H3,(H2,15,20)(H,17,18,21). The molecule has 120 valence electrons. The Labute approximate surface area is 134 Å². The van der Waals surface area contributed by atoms with Crippen LogP contribution in [-0.4, -0.2) is 39.0 Å². The molecule has 0 aliphatic heterocycles. The normalized spacial score (nSPS) is 11.7. The predicted molar refractivity (Wildman–Crippen MR) is 78.9 cm³/mol. The number of carbonyl (C=O) groups is 2. The number of ether oxygens (including phenoxy) is 1. The van der Waals surface area contributed by atoms with E-state index < -0.39 is 34.3 Å². The smallest absolute Gasteiger partial charge is 0.360 e. The Bertz CT molecular complexity index is 818. The molecule has 1 atom stereocenters. The minimum Gasteiger partial charge on any atom is -0.501 e. The number of aromatic amines is 1. The summed E-state index contributed by atoms with van der Waals surface area (Å²) in [5.74, 6) is -2.62. The number of hydrogen-bond acceptors (Lipinski definition) is 7. The molecule has 0 radical (unpaired) electrons. The van der Waals surface area contributed by atoms with E-state index in [0.29, 0.717) is 5.56 Å². The van der Waals surface area contributed by atoms with Gasteiger partial charge in [0.2, 0.25) is 11.7 Å². The van der Waals surface area contributed by atoms with Crippen LogP contribution in [0.1, 0.15) is 21.4 Å². The molecule has 1 amide bonds. The first kappa shape index (κ1) is 16.4. The van der Waals surface area contributed by atoms with Crippen molar-refractivity contribution in [3.05, 3.63) is 39.9 Å². The summed E-state index contributed by atoms with van der Waals surface area (Å²) in [7, 11) is 1.09. The maximum absolute atomic E-state index is 11.7. The van der Waals surface area contributed by atoms with Gasteiger partial charge in [-0.2, -0.15) is 0 Å². The maximum Gasteiger partial charge on any atom is 0.360 e. The van der Waals surface area contributed by atoms with E-state index in [1.165, 1.54) is 18.3 Å². The van der Waals surface area contributed by atoms with E-state index in [1.807, 2.05) is 0 Å². The van der Waals surface area contributed by atoms with Crippen LogP contribution in [0.4, 0.5) is 0 Å². The topological polar surface area (TPSA) is 148 Å². The fraction of sp³-hybridized carbons (Fsp3) is 0.154. The number of methoxy groups -OCH3 is 1. The van der Waals surface area contributed by atoms with Crippen LogP contribution >= 0.6 is 11.6 Å². The number of alkyl halides is 1. The third kappa shape index (κ3) is 3.29. The van der Waals surface area contributed by atoms with Gasteiger partial charge in [-0.3, -0.25) is 14.6 Å². The maximum atomic E-state index is 11.7. The Kier molecular flexibility index (Phi) is 4.60. The first-order valence-electron chi connectivity index (χ1n) is 6.16. The van der Waals surface area contributed by atoms with E-state index in [9.17, 15) is 19.5 Å². The number of esters is 1. The average Bonchev–Trinajstić information content (AvgIpc) is 2.55. The summed E-state index contributed by atoms with van der Waals surface area (Å²) in [6, 6.07) is 2.89. The zero-order valence-electron chi connectivity index (χ0n) is 11.7. The number of pyridine rings is 1. The molecule has 10 heteroatoms. The number of rotatable bonds is 4. The molecule has 23 heavy (non-hydrogen) atoms. The van der Waals surface area contributed by atoms with Crippen LogP contribution in [0.2, 0.25) is 0 Å². The van der Waals surface area contributed by atoms with Gasteiger partial charge in [-0.25, -0.2) is 9.78 Å². The summed E-state index contributed by atoms with van der Waals surface area (Å²) in [5.41, 5.74) is 4.17. The molecular weight excluding hydrogens is 328 g/mol. The summed E-state index contributed by atoms with van der Waals surface area (Å²) in [6.07, 6.45) is 1.28. The zero-order valence-corrected chi connectivity index (χ0v) is 12.5.